The Hall–Kier alpha value is -1.27. The van der Waals surface area contributed by atoms with E-state index in [2.05, 4.69) is 12.1 Å². The second-order valence-corrected chi connectivity index (χ2v) is 2.65. The summed E-state index contributed by atoms with van der Waals surface area (Å²) in [5.41, 5.74) is 0. The van der Waals surface area contributed by atoms with Gasteiger partial charge in [-0.1, -0.05) is 60.7 Å². The van der Waals surface area contributed by atoms with Gasteiger partial charge in [-0.3, -0.25) is 0 Å². The Bertz CT molecular complexity index is 260. The van der Waals surface area contributed by atoms with Crippen molar-refractivity contribution in [3.63, 3.8) is 0 Å². The Morgan fingerprint density at radius 3 is 1.12 bits per heavy atom. The minimum atomic E-state index is -1.08. The average Bonchev–Trinajstić information content (AvgIpc) is 2.34. The molecule has 0 N–H and O–H groups in total. The summed E-state index contributed by atoms with van der Waals surface area (Å²) in [5.74, 6) is -1.08. The van der Waals surface area contributed by atoms with Crippen molar-refractivity contribution in [3.8, 4) is 0 Å². The van der Waals surface area contributed by atoms with E-state index in [1.165, 1.54) is 0 Å². The number of carbonyl (C=O) groups excluding carboxylic acids is 1. The second kappa shape index (κ2) is 14.7. The van der Waals surface area contributed by atoms with Gasteiger partial charge in [0.05, 0.1) is 0 Å². The summed E-state index contributed by atoms with van der Waals surface area (Å²) in [5, 5.41) is 8.89. The zero-order chi connectivity index (χ0) is 12.1. The molecule has 0 bridgehead atoms. The van der Waals surface area contributed by atoms with Crippen molar-refractivity contribution in [1.29, 1.82) is 0 Å². The molecule has 5 radical (unpaired) electrons. The van der Waals surface area contributed by atoms with Crippen LogP contribution in [-0.4, -0.2) is 30.4 Å². The van der Waals surface area contributed by atoms with E-state index in [4.69, 9.17) is 9.90 Å². The van der Waals surface area contributed by atoms with Crippen LogP contribution in [0.5, 0.6) is 0 Å². The second-order valence-electron chi connectivity index (χ2n) is 2.65. The first kappa shape index (κ1) is 18.1. The molecular formula is C14H13O2Sb-. The number of hydrogen-bond donors (Lipinski definition) is 0. The molecule has 0 aliphatic carbocycles. The zero-order valence-electron chi connectivity index (χ0n) is 9.54. The van der Waals surface area contributed by atoms with Gasteiger partial charge in [0.2, 0.25) is 0 Å². The van der Waals surface area contributed by atoms with E-state index in [9.17, 15) is 0 Å². The predicted molar refractivity (Wildman–Crippen MR) is 67.0 cm³/mol. The fourth-order valence-corrected chi connectivity index (χ4v) is 0.684. The van der Waals surface area contributed by atoms with Crippen molar-refractivity contribution >= 4 is 30.4 Å². The maximum Gasteiger partial charge on any atom is 0.0383 e. The molecule has 17 heavy (non-hydrogen) atoms. The Balaban J connectivity index is 0. The molecule has 2 rings (SSSR count). The maximum atomic E-state index is 8.89. The third-order valence-electron chi connectivity index (χ3n) is 1.21. The van der Waals surface area contributed by atoms with E-state index in [1.54, 1.807) is 0 Å². The van der Waals surface area contributed by atoms with Crippen molar-refractivity contribution in [2.45, 2.75) is 6.92 Å². The fraction of sp³-hybridized carbons (Fsp3) is 0.0714. The topological polar surface area (TPSA) is 40.1 Å². The smallest absolute Gasteiger partial charge is 0.0383 e. The van der Waals surface area contributed by atoms with Crippen molar-refractivity contribution in [2.75, 3.05) is 0 Å². The van der Waals surface area contributed by atoms with Crippen molar-refractivity contribution in [1.82, 2.24) is 0 Å². The summed E-state index contributed by atoms with van der Waals surface area (Å²) in [6, 6.07) is 25.0. The Labute approximate surface area is 120 Å². The van der Waals surface area contributed by atoms with E-state index in [0.717, 1.165) is 6.92 Å². The van der Waals surface area contributed by atoms with Crippen LogP contribution in [-0.2, 0) is 4.79 Å². The summed E-state index contributed by atoms with van der Waals surface area (Å²) >= 11 is 0. The maximum absolute atomic E-state index is 8.89. The molecule has 0 saturated carbocycles. The Morgan fingerprint density at radius 2 is 1.06 bits per heavy atom. The van der Waals surface area contributed by atoms with E-state index in [1.807, 2.05) is 60.7 Å². The van der Waals surface area contributed by atoms with Gasteiger partial charge in [0, 0.05) is 30.4 Å². The summed E-state index contributed by atoms with van der Waals surface area (Å²) in [4.78, 5) is 8.89. The zero-order valence-corrected chi connectivity index (χ0v) is 12.1. The fourth-order valence-electron chi connectivity index (χ4n) is 0.684. The number of carboxylic acid groups (broad SMARTS) is 1. The minimum Gasteiger partial charge on any atom is -0.550 e. The summed E-state index contributed by atoms with van der Waals surface area (Å²) in [6.07, 6.45) is 0. The number of carboxylic acids is 1. The van der Waals surface area contributed by atoms with Crippen molar-refractivity contribution in [3.05, 3.63) is 72.8 Å². The molecule has 0 fully saturated rings. The van der Waals surface area contributed by atoms with E-state index >= 15 is 0 Å². The first-order valence-corrected chi connectivity index (χ1v) is 4.73. The molecule has 2 aromatic rings. The molecule has 0 unspecified atom stereocenters. The van der Waals surface area contributed by atoms with Crippen LogP contribution < -0.4 is 5.11 Å². The molecule has 0 aliphatic rings. The molecule has 0 heterocycles. The molecule has 0 aliphatic heterocycles. The largest absolute Gasteiger partial charge is 0.550 e. The van der Waals surface area contributed by atoms with Crippen LogP contribution in [0.25, 0.3) is 0 Å². The van der Waals surface area contributed by atoms with Gasteiger partial charge >= 0.3 is 0 Å². The summed E-state index contributed by atoms with van der Waals surface area (Å²) in [6.45, 7) is 0.972. The van der Waals surface area contributed by atoms with Gasteiger partial charge in [0.25, 0.3) is 0 Å². The first-order chi connectivity index (χ1) is 7.73. The number of carbonyl (C=O) groups is 1. The van der Waals surface area contributed by atoms with E-state index < -0.39 is 5.97 Å². The van der Waals surface area contributed by atoms with Gasteiger partial charge in [0.1, 0.15) is 0 Å². The van der Waals surface area contributed by atoms with Crippen LogP contribution in [0.1, 0.15) is 6.92 Å². The van der Waals surface area contributed by atoms with Crippen LogP contribution in [0.2, 0.25) is 0 Å². The number of rotatable bonds is 0. The standard InChI is InChI=1S/2C6H5.C2H4O2.Sb/c2*1-2-4-6-5-3-1;1-2(3)4;/h2*1-5H;1H3,(H,3,4);/p-1. The third kappa shape index (κ3) is 20.7. The molecule has 0 aromatic heterocycles. The van der Waals surface area contributed by atoms with Crippen LogP contribution in [0.3, 0.4) is 0 Å². The van der Waals surface area contributed by atoms with Crippen molar-refractivity contribution < 1.29 is 9.90 Å². The van der Waals surface area contributed by atoms with Crippen LogP contribution >= 0.6 is 0 Å². The molecule has 0 atom stereocenters. The molecule has 2 aromatic carbocycles. The summed E-state index contributed by atoms with van der Waals surface area (Å²) < 4.78 is 0. The average molecular weight is 335 g/mol. The molecule has 3 heteroatoms. The number of hydrogen-bond acceptors (Lipinski definition) is 2. The van der Waals surface area contributed by atoms with E-state index in [0.29, 0.717) is 0 Å². The molecule has 87 valence electrons. The van der Waals surface area contributed by atoms with Gasteiger partial charge in [-0.05, 0) is 19.1 Å². The minimum absolute atomic E-state index is 0. The number of benzene rings is 2. The Morgan fingerprint density at radius 1 is 0.824 bits per heavy atom. The number of aliphatic carboxylic acids is 1. The van der Waals surface area contributed by atoms with Gasteiger partial charge in [0.15, 0.2) is 0 Å². The quantitative estimate of drug-likeness (QED) is 0.682. The molecule has 2 nitrogen and oxygen atoms in total. The summed E-state index contributed by atoms with van der Waals surface area (Å²) in [7, 11) is 0. The molecule has 0 saturated heterocycles. The molecule has 0 spiro atoms. The Kier molecular flexibility index (Phi) is 15.7. The van der Waals surface area contributed by atoms with Crippen molar-refractivity contribution in [2.24, 2.45) is 0 Å². The third-order valence-corrected chi connectivity index (χ3v) is 1.21. The van der Waals surface area contributed by atoms with Gasteiger partial charge in [-0.2, -0.15) is 0 Å². The SMILES string of the molecule is CC(=O)[O-].[Sb].[c]1ccccc1.[c]1ccccc1. The predicted octanol–water partition coefficient (Wildman–Crippen LogP) is 1.35. The monoisotopic (exact) mass is 334 g/mol. The molecular weight excluding hydrogens is 322 g/mol. The van der Waals surface area contributed by atoms with E-state index in [-0.39, 0.29) is 24.4 Å². The van der Waals surface area contributed by atoms with Crippen LogP contribution in [0.15, 0.2) is 60.7 Å². The first-order valence-electron chi connectivity index (χ1n) is 4.73. The molecule has 0 amide bonds. The van der Waals surface area contributed by atoms with Gasteiger partial charge in [-0.25, -0.2) is 0 Å². The van der Waals surface area contributed by atoms with Gasteiger partial charge in [-0.15, -0.1) is 0 Å². The van der Waals surface area contributed by atoms with Gasteiger partial charge < -0.3 is 9.90 Å². The normalized spacial score (nSPS) is 7.12. The van der Waals surface area contributed by atoms with Crippen LogP contribution in [0.4, 0.5) is 0 Å². The van der Waals surface area contributed by atoms with Crippen LogP contribution in [0, 0.1) is 12.1 Å².